The molecule has 0 saturated carbocycles. The second-order valence-corrected chi connectivity index (χ2v) is 10.6. The number of methoxy groups -OCH3 is 1. The lowest BCUT2D eigenvalue weighted by atomic mass is 10.1. The van der Waals surface area contributed by atoms with E-state index < -0.39 is 16.1 Å². The molecule has 0 aromatic heterocycles. The number of carbonyl (C=O) groups excluding carboxylic acids is 2. The van der Waals surface area contributed by atoms with E-state index in [1.54, 1.807) is 30.2 Å². The quantitative estimate of drug-likeness (QED) is 0.421. The van der Waals surface area contributed by atoms with Crippen LogP contribution in [0.5, 0.6) is 17.2 Å². The normalized spacial score (nSPS) is 13.1. The molecule has 1 atom stereocenters. The summed E-state index contributed by atoms with van der Waals surface area (Å²) >= 11 is 0. The van der Waals surface area contributed by atoms with Gasteiger partial charge in [-0.15, -0.1) is 0 Å². The van der Waals surface area contributed by atoms with Crippen LogP contribution in [0.2, 0.25) is 0 Å². The predicted molar refractivity (Wildman–Crippen MR) is 140 cm³/mol. The van der Waals surface area contributed by atoms with Crippen LogP contribution in [-0.2, 0) is 26.2 Å². The van der Waals surface area contributed by atoms with Crippen LogP contribution in [-0.4, -0.2) is 64.4 Å². The van der Waals surface area contributed by atoms with E-state index in [0.717, 1.165) is 11.8 Å². The van der Waals surface area contributed by atoms with Gasteiger partial charge in [0, 0.05) is 32.1 Å². The third kappa shape index (κ3) is 7.28. The maximum Gasteiger partial charge on any atom is 0.242 e. The van der Waals surface area contributed by atoms with Crippen molar-refractivity contribution in [3.05, 3.63) is 48.0 Å². The van der Waals surface area contributed by atoms with Crippen LogP contribution in [0.1, 0.15) is 38.7 Å². The molecule has 10 nitrogen and oxygen atoms in total. The number of sulfonamides is 1. The second-order valence-electron chi connectivity index (χ2n) is 8.67. The average Bonchev–Trinajstić information content (AvgIpc) is 3.34. The van der Waals surface area contributed by atoms with Gasteiger partial charge in [-0.3, -0.25) is 13.9 Å². The topological polar surface area (TPSA) is 114 Å². The van der Waals surface area contributed by atoms with E-state index in [-0.39, 0.29) is 44.5 Å². The zero-order chi connectivity index (χ0) is 27.0. The third-order valence-electron chi connectivity index (χ3n) is 6.02. The van der Waals surface area contributed by atoms with Gasteiger partial charge in [-0.1, -0.05) is 19.1 Å². The van der Waals surface area contributed by atoms with Crippen molar-refractivity contribution in [2.45, 2.75) is 45.7 Å². The van der Waals surface area contributed by atoms with E-state index in [4.69, 9.17) is 14.2 Å². The van der Waals surface area contributed by atoms with Gasteiger partial charge in [-0.25, -0.2) is 8.42 Å². The number of benzene rings is 2. The van der Waals surface area contributed by atoms with Gasteiger partial charge >= 0.3 is 0 Å². The summed E-state index contributed by atoms with van der Waals surface area (Å²) in [4.78, 5) is 27.8. The first-order chi connectivity index (χ1) is 17.7. The fraction of sp³-hybridized carbons (Fsp3) is 0.462. The van der Waals surface area contributed by atoms with Gasteiger partial charge in [-0.05, 0) is 49.6 Å². The molecule has 2 aromatic carbocycles. The fourth-order valence-electron chi connectivity index (χ4n) is 4.22. The number of nitrogens with one attached hydrogen (secondary N) is 1. The van der Waals surface area contributed by atoms with Gasteiger partial charge in [0.2, 0.25) is 28.6 Å². The molecule has 0 saturated heterocycles. The van der Waals surface area contributed by atoms with Gasteiger partial charge in [-0.2, -0.15) is 0 Å². The minimum absolute atomic E-state index is 0.0659. The highest BCUT2D eigenvalue weighted by Crippen LogP contribution is 2.36. The van der Waals surface area contributed by atoms with Crippen LogP contribution in [0, 0.1) is 0 Å². The summed E-state index contributed by atoms with van der Waals surface area (Å²) in [7, 11) is -2.05. The largest absolute Gasteiger partial charge is 0.497 e. The highest BCUT2D eigenvalue weighted by Gasteiger charge is 2.29. The number of carbonyl (C=O) groups is 2. The van der Waals surface area contributed by atoms with Crippen molar-refractivity contribution in [3.8, 4) is 17.2 Å². The Morgan fingerprint density at radius 3 is 2.54 bits per heavy atom. The minimum Gasteiger partial charge on any atom is -0.497 e. The Kier molecular flexibility index (Phi) is 9.62. The summed E-state index contributed by atoms with van der Waals surface area (Å²) in [6.07, 6.45) is 1.89. The second kappa shape index (κ2) is 12.7. The molecule has 3 rings (SSSR count). The first-order valence-corrected chi connectivity index (χ1v) is 14.1. The summed E-state index contributed by atoms with van der Waals surface area (Å²) in [5, 5.41) is 2.81. The van der Waals surface area contributed by atoms with E-state index in [2.05, 4.69) is 5.32 Å². The highest BCUT2D eigenvalue weighted by atomic mass is 32.2. The van der Waals surface area contributed by atoms with Gasteiger partial charge in [0.25, 0.3) is 0 Å². The first kappa shape index (κ1) is 28.1. The molecule has 37 heavy (non-hydrogen) atoms. The van der Waals surface area contributed by atoms with Crippen molar-refractivity contribution >= 4 is 27.5 Å². The Labute approximate surface area is 218 Å². The lowest BCUT2D eigenvalue weighted by Crippen LogP contribution is -2.49. The molecule has 1 N–H and O–H groups in total. The first-order valence-electron chi connectivity index (χ1n) is 12.2. The molecule has 0 radical (unpaired) electrons. The van der Waals surface area contributed by atoms with Crippen molar-refractivity contribution in [1.82, 2.24) is 10.2 Å². The van der Waals surface area contributed by atoms with Crippen molar-refractivity contribution < 1.29 is 32.2 Å². The lowest BCUT2D eigenvalue weighted by molar-refractivity contribution is -0.141. The van der Waals surface area contributed by atoms with Crippen molar-refractivity contribution in [3.63, 3.8) is 0 Å². The molecular formula is C26H35N3O7S. The van der Waals surface area contributed by atoms with E-state index in [1.165, 1.54) is 4.31 Å². The molecule has 0 unspecified atom stereocenters. The van der Waals surface area contributed by atoms with E-state index in [1.807, 2.05) is 38.1 Å². The van der Waals surface area contributed by atoms with Crippen LogP contribution < -0.4 is 23.8 Å². The lowest BCUT2D eigenvalue weighted by Gasteiger charge is -2.31. The summed E-state index contributed by atoms with van der Waals surface area (Å²) in [6.45, 7) is 4.54. The van der Waals surface area contributed by atoms with Gasteiger partial charge in [0.15, 0.2) is 11.5 Å². The van der Waals surface area contributed by atoms with E-state index in [0.29, 0.717) is 35.9 Å². The molecule has 0 bridgehead atoms. The number of amides is 2. The molecule has 0 aliphatic carbocycles. The standard InChI is InChI=1S/C26H35N3O7S/c1-5-22(26(31)27-6-2)28(17-19-9-7-10-21(15-19)34-3)25(30)11-8-14-29(37(4,32)33)20-12-13-23-24(16-20)36-18-35-23/h7,9-10,12-13,15-16,22H,5-6,8,11,14,17-18H2,1-4H3,(H,27,31)/t22-/m0/s1. The number of fused-ring (bicyclic) bond motifs is 1. The Hall–Kier alpha value is -3.47. The molecule has 0 spiro atoms. The number of anilines is 1. The Morgan fingerprint density at radius 2 is 1.86 bits per heavy atom. The molecule has 2 amide bonds. The zero-order valence-corrected chi connectivity index (χ0v) is 22.5. The summed E-state index contributed by atoms with van der Waals surface area (Å²) < 4.78 is 42.3. The van der Waals surface area contributed by atoms with Gasteiger partial charge in [0.05, 0.1) is 19.1 Å². The Bertz CT molecular complexity index is 1200. The third-order valence-corrected chi connectivity index (χ3v) is 7.21. The van der Waals surface area contributed by atoms with Crippen molar-refractivity contribution in [1.29, 1.82) is 0 Å². The van der Waals surface area contributed by atoms with E-state index in [9.17, 15) is 18.0 Å². The smallest absolute Gasteiger partial charge is 0.242 e. The molecule has 1 heterocycles. The van der Waals surface area contributed by atoms with Crippen LogP contribution in [0.15, 0.2) is 42.5 Å². The maximum absolute atomic E-state index is 13.4. The molecule has 1 aliphatic heterocycles. The average molecular weight is 534 g/mol. The molecule has 11 heteroatoms. The number of rotatable bonds is 13. The number of likely N-dealkylation sites (N-methyl/N-ethyl adjacent to an activating group) is 1. The monoisotopic (exact) mass is 533 g/mol. The van der Waals surface area contributed by atoms with Crippen LogP contribution in [0.3, 0.4) is 0 Å². The van der Waals surface area contributed by atoms with Crippen LogP contribution in [0.4, 0.5) is 5.69 Å². The number of ether oxygens (including phenoxy) is 3. The predicted octanol–water partition coefficient (Wildman–Crippen LogP) is 2.91. The molecule has 2 aromatic rings. The van der Waals surface area contributed by atoms with Crippen LogP contribution >= 0.6 is 0 Å². The number of nitrogens with zero attached hydrogens (tertiary/aromatic N) is 2. The van der Waals surface area contributed by atoms with Crippen molar-refractivity contribution in [2.75, 3.05) is 37.6 Å². The number of hydrogen-bond acceptors (Lipinski definition) is 7. The zero-order valence-electron chi connectivity index (χ0n) is 21.7. The van der Waals surface area contributed by atoms with Gasteiger partial charge in [0.1, 0.15) is 11.8 Å². The minimum atomic E-state index is -3.62. The number of hydrogen-bond donors (Lipinski definition) is 1. The summed E-state index contributed by atoms with van der Waals surface area (Å²) in [5.74, 6) is 1.22. The van der Waals surface area contributed by atoms with Gasteiger partial charge < -0.3 is 24.4 Å². The summed E-state index contributed by atoms with van der Waals surface area (Å²) in [6, 6.07) is 11.6. The molecule has 1 aliphatic rings. The molecule has 202 valence electrons. The van der Waals surface area contributed by atoms with E-state index >= 15 is 0 Å². The maximum atomic E-state index is 13.4. The van der Waals surface area contributed by atoms with Crippen molar-refractivity contribution in [2.24, 2.45) is 0 Å². The van der Waals surface area contributed by atoms with Crippen LogP contribution in [0.25, 0.3) is 0 Å². The fourth-order valence-corrected chi connectivity index (χ4v) is 5.18. The Morgan fingerprint density at radius 1 is 1.11 bits per heavy atom. The molecular weight excluding hydrogens is 498 g/mol. The summed E-state index contributed by atoms with van der Waals surface area (Å²) in [5.41, 5.74) is 1.26. The molecule has 0 fully saturated rings. The Balaban J connectivity index is 1.76. The SMILES string of the molecule is CCNC(=O)[C@H](CC)N(Cc1cccc(OC)c1)C(=O)CCCN(c1ccc2c(c1)OCO2)S(C)(=O)=O. The highest BCUT2D eigenvalue weighted by molar-refractivity contribution is 7.92.